The fraction of sp³-hybridized carbons (Fsp3) is 0.333. The molecule has 1 amide bonds. The maximum atomic E-state index is 13.4. The molecule has 0 radical (unpaired) electrons. The van der Waals surface area contributed by atoms with E-state index in [-0.39, 0.29) is 17.4 Å². The lowest BCUT2D eigenvalue weighted by Crippen LogP contribution is -2.43. The van der Waals surface area contributed by atoms with Gasteiger partial charge in [0.05, 0.1) is 11.6 Å². The summed E-state index contributed by atoms with van der Waals surface area (Å²) in [4.78, 5) is 28.3. The summed E-state index contributed by atoms with van der Waals surface area (Å²) in [5, 5.41) is 0.666. The highest BCUT2D eigenvalue weighted by molar-refractivity contribution is 5.98. The summed E-state index contributed by atoms with van der Waals surface area (Å²) < 4.78 is 4.28. The van der Waals surface area contributed by atoms with Crippen LogP contribution in [-0.2, 0) is 19.5 Å². The Labute approximate surface area is 151 Å². The summed E-state index contributed by atoms with van der Waals surface area (Å²) in [5.74, 6) is -0.141. The van der Waals surface area contributed by atoms with E-state index in [9.17, 15) is 9.59 Å². The van der Waals surface area contributed by atoms with Gasteiger partial charge in [-0.1, -0.05) is 19.1 Å². The molecule has 132 valence electrons. The van der Waals surface area contributed by atoms with Crippen molar-refractivity contribution in [3.05, 3.63) is 69.8 Å². The maximum Gasteiger partial charge on any atom is 0.259 e. The molecule has 5 nitrogen and oxygen atoms in total. The van der Waals surface area contributed by atoms with Crippen molar-refractivity contribution in [1.29, 1.82) is 0 Å². The Hall–Kier alpha value is -2.82. The van der Waals surface area contributed by atoms with Crippen LogP contribution in [0.4, 0.5) is 0 Å². The van der Waals surface area contributed by atoms with Gasteiger partial charge >= 0.3 is 0 Å². The van der Waals surface area contributed by atoms with Crippen molar-refractivity contribution in [3.8, 4) is 0 Å². The molecule has 4 heterocycles. The van der Waals surface area contributed by atoms with Crippen LogP contribution in [0.2, 0.25) is 0 Å². The van der Waals surface area contributed by atoms with E-state index in [2.05, 4.69) is 34.4 Å². The monoisotopic (exact) mass is 347 g/mol. The van der Waals surface area contributed by atoms with Crippen LogP contribution in [0.15, 0.2) is 47.5 Å². The van der Waals surface area contributed by atoms with E-state index in [1.807, 2.05) is 23.1 Å². The third kappa shape index (κ3) is 2.03. The Morgan fingerprint density at radius 3 is 2.85 bits per heavy atom. The molecule has 26 heavy (non-hydrogen) atoms. The fourth-order valence-corrected chi connectivity index (χ4v) is 4.60. The normalized spacial score (nSPS) is 18.3. The number of nitrogens with zero attached hydrogens (tertiary/aromatic N) is 3. The Morgan fingerprint density at radius 1 is 1.12 bits per heavy atom. The van der Waals surface area contributed by atoms with Gasteiger partial charge in [-0.25, -0.2) is 0 Å². The van der Waals surface area contributed by atoms with Crippen LogP contribution in [-0.4, -0.2) is 26.5 Å². The minimum Gasteiger partial charge on any atom is -0.348 e. The molecule has 0 saturated carbocycles. The smallest absolute Gasteiger partial charge is 0.259 e. The summed E-state index contributed by atoms with van der Waals surface area (Å²) in [6, 6.07) is 9.96. The zero-order valence-corrected chi connectivity index (χ0v) is 14.8. The van der Waals surface area contributed by atoms with E-state index >= 15 is 0 Å². The SMILES string of the molecule is CC[C@@H]1c2cccn2CCN1C(=O)c1cn2c3c(cccc3c1=O)CC2. The first-order valence-electron chi connectivity index (χ1n) is 9.30. The molecule has 0 fully saturated rings. The van der Waals surface area contributed by atoms with Crippen molar-refractivity contribution >= 4 is 16.8 Å². The van der Waals surface area contributed by atoms with Crippen LogP contribution >= 0.6 is 0 Å². The lowest BCUT2D eigenvalue weighted by molar-refractivity contribution is 0.0616. The molecule has 2 aliphatic rings. The highest BCUT2D eigenvalue weighted by Gasteiger charge is 2.32. The molecular weight excluding hydrogens is 326 g/mol. The second kappa shape index (κ2) is 5.59. The zero-order valence-electron chi connectivity index (χ0n) is 14.8. The molecule has 2 aliphatic heterocycles. The molecule has 5 rings (SSSR count). The number of hydrogen-bond acceptors (Lipinski definition) is 2. The van der Waals surface area contributed by atoms with E-state index in [4.69, 9.17) is 0 Å². The van der Waals surface area contributed by atoms with Crippen molar-refractivity contribution in [1.82, 2.24) is 14.0 Å². The second-order valence-electron chi connectivity index (χ2n) is 7.18. The van der Waals surface area contributed by atoms with Gasteiger partial charge < -0.3 is 14.0 Å². The molecular formula is C21H21N3O2. The highest BCUT2D eigenvalue weighted by atomic mass is 16.2. The Morgan fingerprint density at radius 2 is 2.00 bits per heavy atom. The number of para-hydroxylation sites is 1. The molecule has 0 bridgehead atoms. The van der Waals surface area contributed by atoms with Crippen LogP contribution in [0.25, 0.3) is 10.9 Å². The summed E-state index contributed by atoms with van der Waals surface area (Å²) >= 11 is 0. The molecule has 0 N–H and O–H groups in total. The Kier molecular flexibility index (Phi) is 3.32. The minimum absolute atomic E-state index is 0.0197. The number of hydrogen-bond donors (Lipinski definition) is 0. The van der Waals surface area contributed by atoms with Crippen LogP contribution in [0.1, 0.15) is 41.0 Å². The van der Waals surface area contributed by atoms with Gasteiger partial charge in [-0.2, -0.15) is 0 Å². The highest BCUT2D eigenvalue weighted by Crippen LogP contribution is 2.30. The second-order valence-corrected chi connectivity index (χ2v) is 7.18. The van der Waals surface area contributed by atoms with Crippen molar-refractivity contribution in [2.45, 2.75) is 38.9 Å². The van der Waals surface area contributed by atoms with E-state index < -0.39 is 0 Å². The van der Waals surface area contributed by atoms with Gasteiger partial charge in [0.15, 0.2) is 0 Å². The first-order valence-corrected chi connectivity index (χ1v) is 9.30. The van der Waals surface area contributed by atoms with Gasteiger partial charge in [0.25, 0.3) is 5.91 Å². The van der Waals surface area contributed by atoms with Crippen LogP contribution in [0, 0.1) is 0 Å². The van der Waals surface area contributed by atoms with Gasteiger partial charge in [-0.15, -0.1) is 0 Å². The van der Waals surface area contributed by atoms with E-state index in [1.165, 1.54) is 5.56 Å². The number of fused-ring (bicyclic) bond motifs is 1. The van der Waals surface area contributed by atoms with Crippen molar-refractivity contribution < 1.29 is 4.79 Å². The number of aromatic nitrogens is 2. The summed E-state index contributed by atoms with van der Waals surface area (Å²) in [5.41, 5.74) is 3.50. The summed E-state index contributed by atoms with van der Waals surface area (Å²) in [7, 11) is 0. The molecule has 2 aromatic heterocycles. The maximum absolute atomic E-state index is 13.4. The molecule has 1 aromatic carbocycles. The molecule has 0 saturated heterocycles. The number of carbonyl (C=O) groups excluding carboxylic acids is 1. The van der Waals surface area contributed by atoms with Crippen LogP contribution in [0.3, 0.4) is 0 Å². The van der Waals surface area contributed by atoms with Crippen LogP contribution in [0.5, 0.6) is 0 Å². The van der Waals surface area contributed by atoms with Crippen molar-refractivity contribution in [2.75, 3.05) is 6.54 Å². The molecule has 0 unspecified atom stereocenters. The number of amides is 1. The van der Waals surface area contributed by atoms with E-state index in [1.54, 1.807) is 6.20 Å². The topological polar surface area (TPSA) is 47.2 Å². The number of benzene rings is 1. The number of pyridine rings is 1. The lowest BCUT2D eigenvalue weighted by Gasteiger charge is -2.36. The lowest BCUT2D eigenvalue weighted by atomic mass is 10.0. The summed E-state index contributed by atoms with van der Waals surface area (Å²) in [6.45, 7) is 4.33. The largest absolute Gasteiger partial charge is 0.348 e. The zero-order chi connectivity index (χ0) is 17.8. The average molecular weight is 347 g/mol. The Balaban J connectivity index is 1.62. The predicted octanol–water partition coefficient (Wildman–Crippen LogP) is 2.97. The van der Waals surface area contributed by atoms with Gasteiger partial charge in [0.1, 0.15) is 5.56 Å². The fourth-order valence-electron chi connectivity index (χ4n) is 4.60. The van der Waals surface area contributed by atoms with Crippen molar-refractivity contribution in [2.24, 2.45) is 0 Å². The number of carbonyl (C=O) groups is 1. The Bertz CT molecular complexity index is 1090. The molecule has 5 heteroatoms. The summed E-state index contributed by atoms with van der Waals surface area (Å²) in [6.07, 6.45) is 5.60. The van der Waals surface area contributed by atoms with Crippen LogP contribution < -0.4 is 5.43 Å². The first-order chi connectivity index (χ1) is 12.7. The molecule has 3 aromatic rings. The quantitative estimate of drug-likeness (QED) is 0.715. The molecule has 0 aliphatic carbocycles. The standard InChI is InChI=1S/C21H21N3O2/c1-2-17-18-7-4-9-22(18)11-12-24(17)21(26)16-13-23-10-8-14-5-3-6-15(19(14)23)20(16)25/h3-7,9,13,17H,2,8,10-12H2,1H3/t17-/m1/s1. The van der Waals surface area contributed by atoms with Gasteiger partial charge in [0, 0.05) is 43.1 Å². The van der Waals surface area contributed by atoms with Gasteiger partial charge in [-0.05, 0) is 36.6 Å². The van der Waals surface area contributed by atoms with Gasteiger partial charge in [-0.3, -0.25) is 9.59 Å². The molecule has 1 atom stereocenters. The van der Waals surface area contributed by atoms with Crippen molar-refractivity contribution in [3.63, 3.8) is 0 Å². The third-order valence-corrected chi connectivity index (χ3v) is 5.85. The molecule has 0 spiro atoms. The predicted molar refractivity (Wildman–Crippen MR) is 100 cm³/mol. The first kappa shape index (κ1) is 15.4. The third-order valence-electron chi connectivity index (χ3n) is 5.85. The average Bonchev–Trinajstić information content (AvgIpc) is 3.30. The van der Waals surface area contributed by atoms with E-state index in [0.717, 1.165) is 37.1 Å². The number of rotatable bonds is 2. The van der Waals surface area contributed by atoms with E-state index in [0.29, 0.717) is 17.5 Å². The minimum atomic E-state index is -0.141. The van der Waals surface area contributed by atoms with Gasteiger partial charge in [0.2, 0.25) is 5.43 Å². The number of aryl methyl sites for hydroxylation is 2.